The van der Waals surface area contributed by atoms with Gasteiger partial charge in [-0.1, -0.05) is 0 Å². The van der Waals surface area contributed by atoms with Crippen molar-refractivity contribution in [2.45, 2.75) is 24.2 Å². The van der Waals surface area contributed by atoms with E-state index in [-0.39, 0.29) is 29.0 Å². The number of hydrogen-bond donors (Lipinski definition) is 1. The molecular formula is C26H23F5N4O6S2. The number of nitrogens with zero attached hydrogens (tertiary/aromatic N) is 3. The largest absolute Gasteiger partial charge is 0.497 e. The van der Waals surface area contributed by atoms with Crippen LogP contribution >= 0.6 is 11.5 Å². The van der Waals surface area contributed by atoms with E-state index in [2.05, 4.69) is 9.36 Å². The maximum Gasteiger partial charge on any atom is 0.416 e. The second-order valence-corrected chi connectivity index (χ2v) is 11.2. The number of rotatable bonds is 11. The zero-order valence-corrected chi connectivity index (χ0v) is 24.2. The fourth-order valence-electron chi connectivity index (χ4n) is 3.77. The van der Waals surface area contributed by atoms with Crippen LogP contribution in [0.15, 0.2) is 53.4 Å². The smallest absolute Gasteiger partial charge is 0.416 e. The molecule has 0 radical (unpaired) electrons. The molecule has 0 aliphatic rings. The molecule has 43 heavy (non-hydrogen) atoms. The lowest BCUT2D eigenvalue weighted by Crippen LogP contribution is -2.31. The van der Waals surface area contributed by atoms with Gasteiger partial charge in [0, 0.05) is 41.4 Å². The molecule has 3 aromatic carbocycles. The molecule has 2 N–H and O–H groups in total. The molecular weight excluding hydrogens is 623 g/mol. The van der Waals surface area contributed by atoms with E-state index in [0.717, 1.165) is 13.2 Å². The van der Waals surface area contributed by atoms with Crippen molar-refractivity contribution >= 4 is 26.7 Å². The van der Waals surface area contributed by atoms with Gasteiger partial charge >= 0.3 is 6.18 Å². The van der Waals surface area contributed by atoms with Crippen LogP contribution in [-0.4, -0.2) is 39.1 Å². The average Bonchev–Trinajstić information content (AvgIpc) is 3.45. The molecule has 0 atom stereocenters. The van der Waals surface area contributed by atoms with Gasteiger partial charge in [0.2, 0.25) is 5.13 Å². The summed E-state index contributed by atoms with van der Waals surface area (Å²) >= 11 is 0.661. The number of ether oxygens (including phenoxy) is 4. The molecule has 0 amide bonds. The average molecular weight is 647 g/mol. The summed E-state index contributed by atoms with van der Waals surface area (Å²) in [5, 5.41) is -0.200. The highest BCUT2D eigenvalue weighted by Crippen LogP contribution is 2.38. The fourth-order valence-corrected chi connectivity index (χ4v) is 6.11. The van der Waals surface area contributed by atoms with E-state index in [1.54, 1.807) is 6.07 Å². The van der Waals surface area contributed by atoms with Gasteiger partial charge in [-0.05, 0) is 24.3 Å². The van der Waals surface area contributed by atoms with Crippen LogP contribution in [0.2, 0.25) is 0 Å². The first-order valence-electron chi connectivity index (χ1n) is 12.0. The number of sulfonamides is 1. The van der Waals surface area contributed by atoms with Gasteiger partial charge in [0.05, 0.1) is 40.0 Å². The Balaban J connectivity index is 1.76. The highest BCUT2D eigenvalue weighted by molar-refractivity contribution is 7.93. The Labute approximate surface area is 246 Å². The number of halogens is 5. The molecule has 0 bridgehead atoms. The minimum atomic E-state index is -4.89. The molecule has 0 aliphatic heterocycles. The van der Waals surface area contributed by atoms with Crippen molar-refractivity contribution in [3.63, 3.8) is 0 Å². The number of aromatic nitrogens is 2. The van der Waals surface area contributed by atoms with Gasteiger partial charge in [-0.15, -0.1) is 0 Å². The third-order valence-corrected chi connectivity index (χ3v) is 8.53. The SMILES string of the molecule is COc1cc(Oc2cc(F)c(S(=O)(=O)N(Cc3ccc(OC)cc3OC)c3nc(CN)ns3)cc2F)cc(C(F)(F)F)c1. The van der Waals surface area contributed by atoms with E-state index < -0.39 is 56.3 Å². The zero-order chi connectivity index (χ0) is 31.5. The predicted molar refractivity (Wildman–Crippen MR) is 145 cm³/mol. The van der Waals surface area contributed by atoms with Gasteiger partial charge in [-0.25, -0.2) is 26.5 Å². The molecule has 1 heterocycles. The van der Waals surface area contributed by atoms with Crippen LogP contribution in [0.1, 0.15) is 17.0 Å². The van der Waals surface area contributed by atoms with Gasteiger partial charge in [0.25, 0.3) is 10.0 Å². The van der Waals surface area contributed by atoms with Crippen LogP contribution in [0.4, 0.5) is 27.1 Å². The summed E-state index contributed by atoms with van der Waals surface area (Å²) in [7, 11) is -1.01. The lowest BCUT2D eigenvalue weighted by atomic mass is 10.2. The second-order valence-electron chi connectivity index (χ2n) is 8.60. The van der Waals surface area contributed by atoms with E-state index in [4.69, 9.17) is 24.7 Å². The third kappa shape index (κ3) is 6.89. The van der Waals surface area contributed by atoms with Crippen molar-refractivity contribution in [1.82, 2.24) is 9.36 Å². The van der Waals surface area contributed by atoms with E-state index >= 15 is 8.78 Å². The van der Waals surface area contributed by atoms with Crippen molar-refractivity contribution in [3.8, 4) is 28.7 Å². The van der Waals surface area contributed by atoms with Gasteiger partial charge in [-0.3, -0.25) is 0 Å². The number of anilines is 1. The molecule has 0 spiro atoms. The van der Waals surface area contributed by atoms with Crippen LogP contribution in [0.5, 0.6) is 28.7 Å². The lowest BCUT2D eigenvalue weighted by molar-refractivity contribution is -0.137. The van der Waals surface area contributed by atoms with E-state index in [9.17, 15) is 21.6 Å². The number of nitrogens with two attached hydrogens (primary N) is 1. The Morgan fingerprint density at radius 1 is 0.884 bits per heavy atom. The Morgan fingerprint density at radius 2 is 1.58 bits per heavy atom. The summed E-state index contributed by atoms with van der Waals surface area (Å²) in [6, 6.07) is 7.59. The third-order valence-electron chi connectivity index (χ3n) is 5.89. The first-order chi connectivity index (χ1) is 20.3. The lowest BCUT2D eigenvalue weighted by Gasteiger charge is -2.23. The number of hydrogen-bond acceptors (Lipinski definition) is 10. The van der Waals surface area contributed by atoms with Crippen LogP contribution in [-0.2, 0) is 29.3 Å². The Morgan fingerprint density at radius 3 is 2.19 bits per heavy atom. The van der Waals surface area contributed by atoms with Crippen LogP contribution in [0.25, 0.3) is 0 Å². The first-order valence-corrected chi connectivity index (χ1v) is 14.2. The maximum absolute atomic E-state index is 15.4. The second kappa shape index (κ2) is 12.6. The summed E-state index contributed by atoms with van der Waals surface area (Å²) in [6.07, 6.45) is -4.79. The Kier molecular flexibility index (Phi) is 9.26. The van der Waals surface area contributed by atoms with Crippen molar-refractivity contribution in [2.75, 3.05) is 25.6 Å². The molecule has 0 fully saturated rings. The van der Waals surface area contributed by atoms with E-state index in [1.807, 2.05) is 0 Å². The summed E-state index contributed by atoms with van der Waals surface area (Å²) in [6.45, 7) is -0.566. The van der Waals surface area contributed by atoms with Gasteiger partial charge < -0.3 is 24.7 Å². The molecule has 4 aromatic rings. The highest BCUT2D eigenvalue weighted by atomic mass is 32.2. The predicted octanol–water partition coefficient (Wildman–Crippen LogP) is 5.51. The Bertz CT molecular complexity index is 1730. The first kappa shape index (κ1) is 31.7. The van der Waals surface area contributed by atoms with Crippen LogP contribution < -0.4 is 29.0 Å². The minimum absolute atomic E-state index is 0.105. The topological polar surface area (TPSA) is 126 Å². The van der Waals surface area contributed by atoms with Crippen molar-refractivity contribution < 1.29 is 49.3 Å². The van der Waals surface area contributed by atoms with E-state index in [1.165, 1.54) is 26.4 Å². The highest BCUT2D eigenvalue weighted by Gasteiger charge is 2.34. The van der Waals surface area contributed by atoms with Crippen molar-refractivity contribution in [2.24, 2.45) is 5.73 Å². The van der Waals surface area contributed by atoms with Crippen molar-refractivity contribution in [1.29, 1.82) is 0 Å². The molecule has 17 heteroatoms. The monoisotopic (exact) mass is 646 g/mol. The maximum atomic E-state index is 15.4. The number of methoxy groups -OCH3 is 3. The fraction of sp³-hybridized carbons (Fsp3) is 0.231. The summed E-state index contributed by atoms with van der Waals surface area (Å²) < 4.78 is 123. The minimum Gasteiger partial charge on any atom is -0.497 e. The molecule has 230 valence electrons. The number of benzene rings is 3. The normalized spacial score (nSPS) is 11.7. The molecule has 4 rings (SSSR count). The van der Waals surface area contributed by atoms with Gasteiger partial charge in [0.15, 0.2) is 17.4 Å². The summed E-state index contributed by atoms with van der Waals surface area (Å²) in [4.78, 5) is 2.99. The number of alkyl halides is 3. The standard InChI is InChI=1S/C26H23F5N4O6S2/c1-38-16-5-4-14(21(9-16)40-3)13-35(25-33-24(12-32)34-42-25)43(36,37)23-11-19(27)22(10-20(23)28)41-18-7-15(26(29,30)31)6-17(8-18)39-2/h4-11H,12-13,32H2,1-3H3. The summed E-state index contributed by atoms with van der Waals surface area (Å²) in [5.74, 6) is -3.74. The Hall–Kier alpha value is -4.22. The quantitative estimate of drug-likeness (QED) is 0.210. The molecule has 0 unspecified atom stereocenters. The molecule has 1 aromatic heterocycles. The molecule has 0 saturated carbocycles. The van der Waals surface area contributed by atoms with E-state index in [0.29, 0.717) is 51.4 Å². The molecule has 0 aliphatic carbocycles. The molecule has 10 nitrogen and oxygen atoms in total. The van der Waals surface area contributed by atoms with Gasteiger partial charge in [-0.2, -0.15) is 17.5 Å². The van der Waals surface area contributed by atoms with Crippen molar-refractivity contribution in [3.05, 3.63) is 77.1 Å². The summed E-state index contributed by atoms with van der Waals surface area (Å²) in [5.41, 5.74) is 4.72. The zero-order valence-electron chi connectivity index (χ0n) is 22.6. The van der Waals surface area contributed by atoms with Gasteiger partial charge in [0.1, 0.15) is 33.7 Å². The molecule has 0 saturated heterocycles. The van der Waals surface area contributed by atoms with Crippen LogP contribution in [0.3, 0.4) is 0 Å². The van der Waals surface area contributed by atoms with Crippen LogP contribution in [0, 0.1) is 11.6 Å².